The molecular formula is C47H87NO3. The summed E-state index contributed by atoms with van der Waals surface area (Å²) in [7, 11) is 0. The first-order valence-electron chi connectivity index (χ1n) is 22.4. The normalized spacial score (nSPS) is 13.4. The summed E-state index contributed by atoms with van der Waals surface area (Å²) >= 11 is 0. The molecule has 0 bridgehead atoms. The highest BCUT2D eigenvalue weighted by atomic mass is 16.3. The highest BCUT2D eigenvalue weighted by Gasteiger charge is 2.17. The predicted octanol–water partition coefficient (Wildman–Crippen LogP) is 14.0. The van der Waals surface area contributed by atoms with E-state index < -0.39 is 12.1 Å². The number of aliphatic hydroxyl groups excluding tert-OH is 2. The van der Waals surface area contributed by atoms with Crippen LogP contribution < -0.4 is 5.32 Å². The van der Waals surface area contributed by atoms with Crippen molar-refractivity contribution in [3.63, 3.8) is 0 Å². The summed E-state index contributed by atoms with van der Waals surface area (Å²) in [5.41, 5.74) is 0. The molecule has 1 amide bonds. The van der Waals surface area contributed by atoms with Crippen molar-refractivity contribution in [2.24, 2.45) is 0 Å². The minimum absolute atomic E-state index is 0.0892. The first-order chi connectivity index (χ1) is 25.2. The van der Waals surface area contributed by atoms with Crippen LogP contribution in [-0.4, -0.2) is 34.9 Å². The van der Waals surface area contributed by atoms with Crippen LogP contribution in [0, 0.1) is 0 Å². The van der Waals surface area contributed by atoms with E-state index in [0.717, 1.165) is 51.4 Å². The van der Waals surface area contributed by atoms with E-state index >= 15 is 0 Å². The van der Waals surface area contributed by atoms with Gasteiger partial charge in [0, 0.05) is 6.42 Å². The van der Waals surface area contributed by atoms with Crippen molar-refractivity contribution in [2.45, 2.75) is 238 Å². The molecule has 0 aromatic heterocycles. The van der Waals surface area contributed by atoms with E-state index in [9.17, 15) is 15.0 Å². The number of unbranched alkanes of at least 4 members (excludes halogenated alkanes) is 27. The van der Waals surface area contributed by atoms with E-state index in [2.05, 4.69) is 55.6 Å². The molecule has 0 aromatic rings. The highest BCUT2D eigenvalue weighted by molar-refractivity contribution is 5.76. The van der Waals surface area contributed by atoms with E-state index in [4.69, 9.17) is 0 Å². The number of carbonyl (C=O) groups is 1. The number of hydrogen-bond acceptors (Lipinski definition) is 3. The summed E-state index contributed by atoms with van der Waals surface area (Å²) in [6.45, 7) is 4.26. The number of nitrogens with one attached hydrogen (secondary N) is 1. The van der Waals surface area contributed by atoms with E-state index in [1.165, 1.54) is 154 Å². The Morgan fingerprint density at radius 2 is 0.765 bits per heavy atom. The zero-order valence-electron chi connectivity index (χ0n) is 34.1. The van der Waals surface area contributed by atoms with Crippen molar-refractivity contribution < 1.29 is 15.0 Å². The van der Waals surface area contributed by atoms with Gasteiger partial charge in [-0.05, 0) is 70.6 Å². The fourth-order valence-electron chi connectivity index (χ4n) is 6.56. The Morgan fingerprint density at radius 1 is 0.451 bits per heavy atom. The maximum Gasteiger partial charge on any atom is 0.220 e. The Hall–Kier alpha value is -1.65. The van der Waals surface area contributed by atoms with Gasteiger partial charge in [-0.15, -0.1) is 0 Å². The monoisotopic (exact) mass is 714 g/mol. The summed E-state index contributed by atoms with van der Waals surface area (Å²) in [6.07, 6.45) is 58.1. The topological polar surface area (TPSA) is 69.6 Å². The Balaban J connectivity index is 3.60. The molecule has 0 fully saturated rings. The van der Waals surface area contributed by atoms with Gasteiger partial charge in [0.25, 0.3) is 0 Å². The van der Waals surface area contributed by atoms with Crippen molar-refractivity contribution in [1.82, 2.24) is 5.32 Å². The van der Waals surface area contributed by atoms with Crippen LogP contribution in [0.4, 0.5) is 0 Å². The number of carbonyl (C=O) groups excluding carboxylic acids is 1. The molecule has 3 N–H and O–H groups in total. The van der Waals surface area contributed by atoms with Gasteiger partial charge in [-0.1, -0.05) is 197 Å². The van der Waals surface area contributed by atoms with Gasteiger partial charge >= 0.3 is 0 Å². The molecule has 298 valence electrons. The number of hydrogen-bond donors (Lipinski definition) is 3. The van der Waals surface area contributed by atoms with Crippen molar-refractivity contribution in [2.75, 3.05) is 6.61 Å². The summed E-state index contributed by atoms with van der Waals surface area (Å²) in [5, 5.41) is 22.9. The second kappa shape index (κ2) is 42.8. The van der Waals surface area contributed by atoms with Crippen molar-refractivity contribution in [1.29, 1.82) is 0 Å². The smallest absolute Gasteiger partial charge is 0.220 e. The number of aliphatic hydroxyl groups is 2. The van der Waals surface area contributed by atoms with Gasteiger partial charge in [0.15, 0.2) is 0 Å². The minimum atomic E-state index is -0.873. The Labute approximate surface area is 318 Å². The Morgan fingerprint density at radius 3 is 1.18 bits per heavy atom. The molecule has 0 aliphatic rings. The summed E-state index contributed by atoms with van der Waals surface area (Å²) < 4.78 is 0. The average Bonchev–Trinajstić information content (AvgIpc) is 3.13. The zero-order valence-corrected chi connectivity index (χ0v) is 34.1. The summed E-state index contributed by atoms with van der Waals surface area (Å²) in [6, 6.07) is -0.649. The van der Waals surface area contributed by atoms with Crippen LogP contribution >= 0.6 is 0 Å². The van der Waals surface area contributed by atoms with Gasteiger partial charge in [-0.25, -0.2) is 0 Å². The molecule has 51 heavy (non-hydrogen) atoms. The van der Waals surface area contributed by atoms with Crippen molar-refractivity contribution in [3.8, 4) is 0 Å². The lowest BCUT2D eigenvalue weighted by Gasteiger charge is -2.19. The molecule has 0 aliphatic carbocycles. The maximum atomic E-state index is 12.3. The van der Waals surface area contributed by atoms with Gasteiger partial charge in [0.2, 0.25) is 5.91 Å². The van der Waals surface area contributed by atoms with Crippen molar-refractivity contribution >= 4 is 5.91 Å². The van der Waals surface area contributed by atoms with E-state index in [-0.39, 0.29) is 12.5 Å². The molecule has 2 unspecified atom stereocenters. The predicted molar refractivity (Wildman–Crippen MR) is 225 cm³/mol. The molecule has 0 radical (unpaired) electrons. The van der Waals surface area contributed by atoms with Gasteiger partial charge in [0.05, 0.1) is 18.8 Å². The van der Waals surface area contributed by atoms with Gasteiger partial charge < -0.3 is 15.5 Å². The van der Waals surface area contributed by atoms with E-state index in [1.807, 2.05) is 6.08 Å². The van der Waals surface area contributed by atoms with Gasteiger partial charge in [-0.2, -0.15) is 0 Å². The largest absolute Gasteiger partial charge is 0.394 e. The molecule has 0 aromatic carbocycles. The minimum Gasteiger partial charge on any atom is -0.394 e. The van der Waals surface area contributed by atoms with Crippen LogP contribution in [0.25, 0.3) is 0 Å². The number of rotatable bonds is 40. The SMILES string of the molecule is CCCCC/C=C\CCCCCCCC(=O)NC(CO)C(O)/C=C/CC/C=C/CC/C=C/CCCCCCCCCCCCCCCCCCC. The number of allylic oxidation sites excluding steroid dienone is 7. The fraction of sp³-hybridized carbons (Fsp3) is 0.809. The lowest BCUT2D eigenvalue weighted by molar-refractivity contribution is -0.123. The van der Waals surface area contributed by atoms with Crippen LogP contribution in [-0.2, 0) is 4.79 Å². The molecule has 0 spiro atoms. The van der Waals surface area contributed by atoms with E-state index in [1.54, 1.807) is 6.08 Å². The van der Waals surface area contributed by atoms with Crippen LogP contribution in [0.5, 0.6) is 0 Å². The third kappa shape index (κ3) is 39.4. The second-order valence-electron chi connectivity index (χ2n) is 15.1. The summed E-state index contributed by atoms with van der Waals surface area (Å²) in [5.74, 6) is -0.0892. The summed E-state index contributed by atoms with van der Waals surface area (Å²) in [4.78, 5) is 12.3. The third-order valence-electron chi connectivity index (χ3n) is 10.0. The first-order valence-corrected chi connectivity index (χ1v) is 22.4. The molecule has 0 saturated carbocycles. The molecule has 0 rings (SSSR count). The average molecular weight is 714 g/mol. The molecule has 4 nitrogen and oxygen atoms in total. The Bertz CT molecular complexity index is 816. The van der Waals surface area contributed by atoms with Gasteiger partial charge in [-0.3, -0.25) is 4.79 Å². The highest BCUT2D eigenvalue weighted by Crippen LogP contribution is 2.15. The van der Waals surface area contributed by atoms with Crippen LogP contribution in [0.2, 0.25) is 0 Å². The lowest BCUT2D eigenvalue weighted by atomic mass is 10.0. The Kier molecular flexibility index (Phi) is 41.4. The fourth-order valence-corrected chi connectivity index (χ4v) is 6.56. The molecule has 0 saturated heterocycles. The maximum absolute atomic E-state index is 12.3. The van der Waals surface area contributed by atoms with Crippen LogP contribution in [0.1, 0.15) is 226 Å². The molecule has 0 heterocycles. The van der Waals surface area contributed by atoms with Crippen molar-refractivity contribution in [3.05, 3.63) is 48.6 Å². The molecular weight excluding hydrogens is 627 g/mol. The third-order valence-corrected chi connectivity index (χ3v) is 10.0. The lowest BCUT2D eigenvalue weighted by Crippen LogP contribution is -2.45. The van der Waals surface area contributed by atoms with Crippen LogP contribution in [0.15, 0.2) is 48.6 Å². The van der Waals surface area contributed by atoms with Crippen LogP contribution in [0.3, 0.4) is 0 Å². The zero-order chi connectivity index (χ0) is 37.1. The second-order valence-corrected chi connectivity index (χ2v) is 15.1. The molecule has 0 aliphatic heterocycles. The molecule has 2 atom stereocenters. The van der Waals surface area contributed by atoms with Gasteiger partial charge in [0.1, 0.15) is 0 Å². The number of amides is 1. The standard InChI is InChI=1S/C47H87NO3/c1-3-5-7-9-11-13-15-17-18-19-20-21-22-23-24-25-26-27-28-29-30-31-32-34-36-38-40-42-46(50)45(44-49)48-47(51)43-41-39-37-35-33-16-14-12-10-8-6-4-2/h12,14,28-29,32,34,40,42,45-46,49-50H,3-11,13,15-27,30-31,33,35-39,41,43-44H2,1-2H3,(H,48,51)/b14-12-,29-28+,34-32+,42-40+. The van der Waals surface area contributed by atoms with E-state index in [0.29, 0.717) is 6.42 Å². The molecule has 4 heteroatoms. The first kappa shape index (κ1) is 49.4. The quantitative estimate of drug-likeness (QED) is 0.0437.